The summed E-state index contributed by atoms with van der Waals surface area (Å²) in [5, 5.41) is 31.3. The molecule has 0 saturated heterocycles. The summed E-state index contributed by atoms with van der Waals surface area (Å²) in [4.78, 5) is 41.1. The number of nitrogens with zero attached hydrogens (tertiary/aromatic N) is 1. The number of hydrogen-bond acceptors (Lipinski definition) is 7. The number of guanidine groups is 1. The molecular formula is C25H30IN5O5. The van der Waals surface area contributed by atoms with Crippen molar-refractivity contribution in [2.75, 3.05) is 25.0 Å². The number of aliphatic carboxylic acids is 1. The molecule has 1 atom stereocenters. The van der Waals surface area contributed by atoms with Gasteiger partial charge in [0.25, 0.3) is 5.91 Å². The molecular weight excluding hydrogens is 577 g/mol. The van der Waals surface area contributed by atoms with Crippen LogP contribution < -0.4 is 21.3 Å². The maximum Gasteiger partial charge on any atom is 0.305 e. The molecule has 1 aliphatic rings. The molecule has 192 valence electrons. The third kappa shape index (κ3) is 7.92. The van der Waals surface area contributed by atoms with Gasteiger partial charge in [0.2, 0.25) is 5.91 Å². The van der Waals surface area contributed by atoms with Crippen LogP contribution in [0, 0.1) is 0 Å². The number of carboxylic acid groups (broad SMARTS) is 1. The van der Waals surface area contributed by atoms with Gasteiger partial charge in [-0.2, -0.15) is 0 Å². The predicted octanol–water partition coefficient (Wildman–Crippen LogP) is 2.28. The Morgan fingerprint density at radius 2 is 1.97 bits per heavy atom. The number of hydrogen-bond donors (Lipinski definition) is 6. The van der Waals surface area contributed by atoms with Crippen LogP contribution in [0.5, 0.6) is 0 Å². The molecule has 1 aliphatic heterocycles. The summed E-state index contributed by atoms with van der Waals surface area (Å²) < 4.78 is 0.649. The van der Waals surface area contributed by atoms with Crippen molar-refractivity contribution in [3.8, 4) is 0 Å². The van der Waals surface area contributed by atoms with Crippen molar-refractivity contribution >= 4 is 52.0 Å². The number of alkyl halides is 1. The highest BCUT2D eigenvalue weighted by Crippen LogP contribution is 2.28. The second-order valence-electron chi connectivity index (χ2n) is 8.92. The van der Waals surface area contributed by atoms with Crippen LogP contribution in [0.2, 0.25) is 0 Å². The second kappa shape index (κ2) is 12.2. The molecule has 1 heterocycles. The van der Waals surface area contributed by atoms with E-state index in [0.717, 1.165) is 12.1 Å². The SMILES string of the molecule is CC(C)(O)c1cc(CI)cc([C@H](CC(=O)O)NC(=O)CNC(=O)c2cccc(NC3=NCCN3)c2)c1. The summed E-state index contributed by atoms with van der Waals surface area (Å²) in [5.41, 5.74) is 2.00. The number of anilines is 1. The molecule has 0 spiro atoms. The Labute approximate surface area is 223 Å². The fourth-order valence-electron chi connectivity index (χ4n) is 3.64. The van der Waals surface area contributed by atoms with Crippen LogP contribution in [0.15, 0.2) is 47.5 Å². The van der Waals surface area contributed by atoms with Crippen molar-refractivity contribution in [1.82, 2.24) is 16.0 Å². The molecule has 0 unspecified atom stereocenters. The smallest absolute Gasteiger partial charge is 0.305 e. The van der Waals surface area contributed by atoms with Crippen molar-refractivity contribution in [3.05, 3.63) is 64.7 Å². The van der Waals surface area contributed by atoms with Crippen LogP contribution in [-0.2, 0) is 19.6 Å². The fraction of sp³-hybridized carbons (Fsp3) is 0.360. The minimum absolute atomic E-state index is 0.328. The molecule has 0 aliphatic carbocycles. The number of carbonyl (C=O) groups is 3. The summed E-state index contributed by atoms with van der Waals surface area (Å²) in [6.45, 7) is 4.40. The normalized spacial score (nSPS) is 13.8. The van der Waals surface area contributed by atoms with Gasteiger partial charge in [-0.1, -0.05) is 46.9 Å². The van der Waals surface area contributed by atoms with E-state index in [1.165, 1.54) is 0 Å². The average molecular weight is 607 g/mol. The highest BCUT2D eigenvalue weighted by Gasteiger charge is 2.23. The first-order chi connectivity index (χ1) is 17.0. The zero-order valence-corrected chi connectivity index (χ0v) is 22.3. The number of rotatable bonds is 10. The quantitative estimate of drug-likeness (QED) is 0.179. The van der Waals surface area contributed by atoms with E-state index in [9.17, 15) is 24.6 Å². The number of aliphatic imine (C=N–C) groups is 1. The van der Waals surface area contributed by atoms with Crippen LogP contribution in [0.25, 0.3) is 0 Å². The molecule has 36 heavy (non-hydrogen) atoms. The Balaban J connectivity index is 1.67. The third-order valence-corrected chi connectivity index (χ3v) is 6.34. The van der Waals surface area contributed by atoms with E-state index in [4.69, 9.17) is 0 Å². The van der Waals surface area contributed by atoms with E-state index in [2.05, 4.69) is 48.9 Å². The van der Waals surface area contributed by atoms with Crippen molar-refractivity contribution in [3.63, 3.8) is 0 Å². The van der Waals surface area contributed by atoms with Crippen LogP contribution in [0.1, 0.15) is 53.4 Å². The molecule has 3 rings (SSSR count). The number of nitrogens with one attached hydrogen (secondary N) is 4. The summed E-state index contributed by atoms with van der Waals surface area (Å²) in [5.74, 6) is -1.42. The lowest BCUT2D eigenvalue weighted by Crippen LogP contribution is -2.39. The topological polar surface area (TPSA) is 152 Å². The van der Waals surface area contributed by atoms with E-state index < -0.39 is 29.4 Å². The molecule has 0 aromatic heterocycles. The van der Waals surface area contributed by atoms with E-state index in [0.29, 0.717) is 39.3 Å². The number of carbonyl (C=O) groups excluding carboxylic acids is 2. The Morgan fingerprint density at radius 3 is 2.61 bits per heavy atom. The van der Waals surface area contributed by atoms with E-state index in [1.807, 2.05) is 12.1 Å². The van der Waals surface area contributed by atoms with Gasteiger partial charge in [0.05, 0.1) is 31.2 Å². The molecule has 0 radical (unpaired) electrons. The number of halogens is 1. The maximum atomic E-state index is 12.7. The summed E-state index contributed by atoms with van der Waals surface area (Å²) in [7, 11) is 0. The minimum atomic E-state index is -1.13. The van der Waals surface area contributed by atoms with Gasteiger partial charge in [0.15, 0.2) is 5.96 Å². The largest absolute Gasteiger partial charge is 0.481 e. The first-order valence-corrected chi connectivity index (χ1v) is 12.9. The molecule has 11 heteroatoms. The van der Waals surface area contributed by atoms with Gasteiger partial charge in [0.1, 0.15) is 0 Å². The number of amides is 2. The number of benzene rings is 2. The zero-order chi connectivity index (χ0) is 26.3. The summed E-state index contributed by atoms with van der Waals surface area (Å²) >= 11 is 2.18. The lowest BCUT2D eigenvalue weighted by atomic mass is 9.91. The average Bonchev–Trinajstić information content (AvgIpc) is 3.34. The van der Waals surface area contributed by atoms with Crippen molar-refractivity contribution in [2.24, 2.45) is 4.99 Å². The van der Waals surface area contributed by atoms with Gasteiger partial charge in [0, 0.05) is 22.2 Å². The summed E-state index contributed by atoms with van der Waals surface area (Å²) in [6.07, 6.45) is -0.346. The Morgan fingerprint density at radius 1 is 1.19 bits per heavy atom. The zero-order valence-electron chi connectivity index (χ0n) is 20.1. The highest BCUT2D eigenvalue weighted by atomic mass is 127. The third-order valence-electron chi connectivity index (χ3n) is 5.46. The number of aliphatic hydroxyl groups is 1. The van der Waals surface area contributed by atoms with Crippen LogP contribution in [0.3, 0.4) is 0 Å². The van der Waals surface area contributed by atoms with Gasteiger partial charge < -0.3 is 31.5 Å². The van der Waals surface area contributed by atoms with Gasteiger partial charge in [-0.15, -0.1) is 0 Å². The minimum Gasteiger partial charge on any atom is -0.481 e. The lowest BCUT2D eigenvalue weighted by molar-refractivity contribution is -0.137. The highest BCUT2D eigenvalue weighted by molar-refractivity contribution is 14.1. The van der Waals surface area contributed by atoms with Crippen LogP contribution in [-0.4, -0.2) is 53.6 Å². The number of carboxylic acids is 1. The molecule has 2 aromatic rings. The van der Waals surface area contributed by atoms with E-state index >= 15 is 0 Å². The predicted molar refractivity (Wildman–Crippen MR) is 145 cm³/mol. The fourth-order valence-corrected chi connectivity index (χ4v) is 4.08. The van der Waals surface area contributed by atoms with E-state index in [-0.39, 0.29) is 13.0 Å². The van der Waals surface area contributed by atoms with Gasteiger partial charge >= 0.3 is 5.97 Å². The molecule has 2 aromatic carbocycles. The van der Waals surface area contributed by atoms with E-state index in [1.54, 1.807) is 44.2 Å². The van der Waals surface area contributed by atoms with Gasteiger partial charge in [-0.25, -0.2) is 0 Å². The molecule has 6 N–H and O–H groups in total. The van der Waals surface area contributed by atoms with Crippen LogP contribution in [0.4, 0.5) is 5.69 Å². The first-order valence-electron chi connectivity index (χ1n) is 11.4. The molecule has 0 saturated carbocycles. The van der Waals surface area contributed by atoms with Gasteiger partial charge in [-0.3, -0.25) is 19.4 Å². The monoisotopic (exact) mass is 607 g/mol. The molecule has 2 amide bonds. The molecule has 0 fully saturated rings. The first kappa shape index (κ1) is 27.4. The molecule has 10 nitrogen and oxygen atoms in total. The Hall–Kier alpha value is -3.19. The van der Waals surface area contributed by atoms with Gasteiger partial charge in [-0.05, 0) is 48.7 Å². The second-order valence-corrected chi connectivity index (χ2v) is 9.68. The van der Waals surface area contributed by atoms with Crippen molar-refractivity contribution in [1.29, 1.82) is 0 Å². The standard InChI is InChI=1S/C25H30IN5O5/c1-25(2,36)18-9-15(13-26)8-17(10-18)20(12-22(33)34)31-21(32)14-29-23(35)16-4-3-5-19(11-16)30-24-27-6-7-28-24/h3-5,8-11,20,36H,6-7,12-14H2,1-2H3,(H,29,35)(H,31,32)(H,33,34)(H2,27,28,30)/t20-/m0/s1. The summed E-state index contributed by atoms with van der Waals surface area (Å²) in [6, 6.07) is 11.3. The molecule has 0 bridgehead atoms. The maximum absolute atomic E-state index is 12.7. The Bertz CT molecular complexity index is 1160. The Kier molecular flexibility index (Phi) is 9.26. The van der Waals surface area contributed by atoms with Crippen LogP contribution >= 0.6 is 22.6 Å². The van der Waals surface area contributed by atoms with Crippen molar-refractivity contribution < 1.29 is 24.6 Å². The lowest BCUT2D eigenvalue weighted by Gasteiger charge is -2.23. The van der Waals surface area contributed by atoms with Crippen molar-refractivity contribution in [2.45, 2.75) is 36.3 Å².